The van der Waals surface area contributed by atoms with Gasteiger partial charge < -0.3 is 14.2 Å². The molecule has 0 N–H and O–H groups in total. The van der Waals surface area contributed by atoms with Gasteiger partial charge in [-0.1, -0.05) is 37.2 Å². The molecule has 1 saturated heterocycles. The van der Waals surface area contributed by atoms with E-state index in [1.54, 1.807) is 0 Å². The average molecular weight is 369 g/mol. The third-order valence-electron chi connectivity index (χ3n) is 5.64. The fourth-order valence-electron chi connectivity index (χ4n) is 3.96. The van der Waals surface area contributed by atoms with Crippen molar-refractivity contribution in [1.82, 2.24) is 15.0 Å². The first-order valence-corrected chi connectivity index (χ1v) is 9.95. The number of carbonyl (C=O) groups is 1. The Morgan fingerprint density at radius 1 is 1.19 bits per heavy atom. The Morgan fingerprint density at radius 3 is 2.70 bits per heavy atom. The lowest BCUT2D eigenvalue weighted by Crippen LogP contribution is -2.42. The molecule has 2 aliphatic rings. The highest BCUT2D eigenvalue weighted by atomic mass is 16.5. The van der Waals surface area contributed by atoms with Crippen LogP contribution in [-0.2, 0) is 11.2 Å². The maximum Gasteiger partial charge on any atom is 0.229 e. The van der Waals surface area contributed by atoms with Gasteiger partial charge in [0, 0.05) is 30.8 Å². The summed E-state index contributed by atoms with van der Waals surface area (Å²) in [5.74, 6) is 3.19. The summed E-state index contributed by atoms with van der Waals surface area (Å²) in [4.78, 5) is 19.6. The molecular weight excluding hydrogens is 342 g/mol. The van der Waals surface area contributed by atoms with E-state index < -0.39 is 0 Å². The molecule has 0 aliphatic carbocycles. The van der Waals surface area contributed by atoms with E-state index in [0.717, 1.165) is 61.8 Å². The first-order chi connectivity index (χ1) is 13.1. The molecular formula is C21H27N3O3. The number of carbonyl (C=O) groups excluding carboxylic acids is 1. The molecule has 0 unspecified atom stereocenters. The SMILES string of the molecule is CC(C)c1noc(C2CCN(C(=O)[C@H]3CCOc4ccccc4C3)CC2)n1. The molecule has 27 heavy (non-hydrogen) atoms. The van der Waals surface area contributed by atoms with E-state index in [9.17, 15) is 4.79 Å². The minimum absolute atomic E-state index is 0.00106. The van der Waals surface area contributed by atoms with Gasteiger partial charge >= 0.3 is 0 Å². The highest BCUT2D eigenvalue weighted by Gasteiger charge is 2.32. The van der Waals surface area contributed by atoms with Gasteiger partial charge in [-0.3, -0.25) is 4.79 Å². The number of hydrogen-bond acceptors (Lipinski definition) is 5. The lowest BCUT2D eigenvalue weighted by Gasteiger charge is -2.32. The summed E-state index contributed by atoms with van der Waals surface area (Å²) in [6.45, 7) is 6.22. The highest BCUT2D eigenvalue weighted by molar-refractivity contribution is 5.79. The number of benzene rings is 1. The molecule has 1 fully saturated rings. The third-order valence-corrected chi connectivity index (χ3v) is 5.64. The second-order valence-electron chi connectivity index (χ2n) is 7.89. The van der Waals surface area contributed by atoms with Gasteiger partial charge in [-0.15, -0.1) is 0 Å². The van der Waals surface area contributed by atoms with Crippen molar-refractivity contribution >= 4 is 5.91 Å². The molecule has 3 heterocycles. The molecule has 6 nitrogen and oxygen atoms in total. The van der Waals surface area contributed by atoms with Crippen LogP contribution in [0.25, 0.3) is 0 Å². The van der Waals surface area contributed by atoms with Crippen LogP contribution in [-0.4, -0.2) is 40.6 Å². The van der Waals surface area contributed by atoms with Gasteiger partial charge in [0.1, 0.15) is 5.75 Å². The minimum atomic E-state index is 0.00106. The van der Waals surface area contributed by atoms with Crippen LogP contribution in [0.15, 0.2) is 28.8 Å². The van der Waals surface area contributed by atoms with Gasteiger partial charge in [0.15, 0.2) is 5.82 Å². The fraction of sp³-hybridized carbons (Fsp3) is 0.571. The highest BCUT2D eigenvalue weighted by Crippen LogP contribution is 2.31. The van der Waals surface area contributed by atoms with Gasteiger partial charge in [0.2, 0.25) is 11.8 Å². The molecule has 2 aromatic rings. The first-order valence-electron chi connectivity index (χ1n) is 9.95. The number of hydrogen-bond donors (Lipinski definition) is 0. The van der Waals surface area contributed by atoms with Crippen LogP contribution in [0.2, 0.25) is 0 Å². The molecule has 0 saturated carbocycles. The van der Waals surface area contributed by atoms with Crippen molar-refractivity contribution in [3.63, 3.8) is 0 Å². The maximum absolute atomic E-state index is 13.1. The quantitative estimate of drug-likeness (QED) is 0.828. The molecule has 2 aliphatic heterocycles. The van der Waals surface area contributed by atoms with E-state index in [1.165, 1.54) is 0 Å². The van der Waals surface area contributed by atoms with Gasteiger partial charge in [-0.05, 0) is 37.3 Å². The van der Waals surface area contributed by atoms with Crippen LogP contribution < -0.4 is 4.74 Å². The molecule has 0 radical (unpaired) electrons. The van der Waals surface area contributed by atoms with Gasteiger partial charge in [0.05, 0.1) is 6.61 Å². The van der Waals surface area contributed by atoms with E-state index in [1.807, 2.05) is 23.1 Å². The number of fused-ring (bicyclic) bond motifs is 1. The normalized spacial score (nSPS) is 20.9. The number of amides is 1. The number of ether oxygens (including phenoxy) is 1. The Labute approximate surface area is 159 Å². The number of nitrogens with zero attached hydrogens (tertiary/aromatic N) is 3. The maximum atomic E-state index is 13.1. The third kappa shape index (κ3) is 3.84. The Hall–Kier alpha value is -2.37. The Bertz CT molecular complexity index is 793. The number of aromatic nitrogens is 2. The fourth-order valence-corrected chi connectivity index (χ4v) is 3.96. The molecule has 0 bridgehead atoms. The summed E-state index contributed by atoms with van der Waals surface area (Å²) >= 11 is 0. The summed E-state index contributed by atoms with van der Waals surface area (Å²) in [6, 6.07) is 8.04. The van der Waals surface area contributed by atoms with Crippen molar-refractivity contribution in [3.8, 4) is 5.75 Å². The van der Waals surface area contributed by atoms with Crippen LogP contribution in [0.4, 0.5) is 0 Å². The van der Waals surface area contributed by atoms with Gasteiger partial charge in [0.25, 0.3) is 0 Å². The van der Waals surface area contributed by atoms with Crippen molar-refractivity contribution in [1.29, 1.82) is 0 Å². The predicted molar refractivity (Wildman–Crippen MR) is 101 cm³/mol. The monoisotopic (exact) mass is 369 g/mol. The lowest BCUT2D eigenvalue weighted by atomic mass is 9.92. The minimum Gasteiger partial charge on any atom is -0.493 e. The Morgan fingerprint density at radius 2 is 1.96 bits per heavy atom. The zero-order chi connectivity index (χ0) is 18.8. The van der Waals surface area contributed by atoms with Crippen molar-refractivity contribution in [3.05, 3.63) is 41.5 Å². The predicted octanol–water partition coefficient (Wildman–Crippen LogP) is 3.54. The summed E-state index contributed by atoms with van der Waals surface area (Å²) in [5.41, 5.74) is 1.13. The second kappa shape index (κ2) is 7.71. The standard InChI is InChI=1S/C21H27N3O3/c1-14(2)19-22-20(27-23-19)15-7-10-24(11-8-15)21(25)17-9-12-26-18-6-4-3-5-16(18)13-17/h3-6,14-15,17H,7-13H2,1-2H3/t17-/m0/s1. The summed E-state index contributed by atoms with van der Waals surface area (Å²) in [7, 11) is 0. The number of likely N-dealkylation sites (tertiary alicyclic amines) is 1. The molecule has 144 valence electrons. The Kier molecular flexibility index (Phi) is 5.14. The van der Waals surface area contributed by atoms with Gasteiger partial charge in [-0.2, -0.15) is 4.98 Å². The van der Waals surface area contributed by atoms with E-state index in [0.29, 0.717) is 6.61 Å². The number of para-hydroxylation sites is 1. The molecule has 1 aromatic heterocycles. The zero-order valence-corrected chi connectivity index (χ0v) is 16.1. The lowest BCUT2D eigenvalue weighted by molar-refractivity contribution is -0.137. The molecule has 1 amide bonds. The molecule has 6 heteroatoms. The number of piperidine rings is 1. The average Bonchev–Trinajstić information content (AvgIpc) is 3.09. The molecule has 1 aromatic carbocycles. The van der Waals surface area contributed by atoms with E-state index in [4.69, 9.17) is 9.26 Å². The molecule has 4 rings (SSSR count). The van der Waals surface area contributed by atoms with Crippen LogP contribution in [0, 0.1) is 5.92 Å². The van der Waals surface area contributed by atoms with Crippen LogP contribution in [0.5, 0.6) is 5.75 Å². The summed E-state index contributed by atoms with van der Waals surface area (Å²) in [6.07, 6.45) is 3.29. The van der Waals surface area contributed by atoms with E-state index in [-0.39, 0.29) is 23.7 Å². The smallest absolute Gasteiger partial charge is 0.229 e. The van der Waals surface area contributed by atoms with Crippen molar-refractivity contribution in [2.45, 2.75) is 51.4 Å². The van der Waals surface area contributed by atoms with Crippen LogP contribution in [0.1, 0.15) is 62.2 Å². The Balaban J connectivity index is 1.37. The largest absolute Gasteiger partial charge is 0.493 e. The molecule has 0 spiro atoms. The molecule has 1 atom stereocenters. The van der Waals surface area contributed by atoms with Crippen LogP contribution in [0.3, 0.4) is 0 Å². The van der Waals surface area contributed by atoms with Crippen molar-refractivity contribution < 1.29 is 14.1 Å². The number of rotatable bonds is 3. The topological polar surface area (TPSA) is 68.5 Å². The van der Waals surface area contributed by atoms with Crippen molar-refractivity contribution in [2.75, 3.05) is 19.7 Å². The van der Waals surface area contributed by atoms with Crippen LogP contribution >= 0.6 is 0 Å². The van der Waals surface area contributed by atoms with Crippen molar-refractivity contribution in [2.24, 2.45) is 5.92 Å². The van der Waals surface area contributed by atoms with E-state index >= 15 is 0 Å². The summed E-state index contributed by atoms with van der Waals surface area (Å²) < 4.78 is 11.3. The first kappa shape index (κ1) is 18.0. The summed E-state index contributed by atoms with van der Waals surface area (Å²) in [5, 5.41) is 4.07. The van der Waals surface area contributed by atoms with E-state index in [2.05, 4.69) is 30.1 Å². The second-order valence-corrected chi connectivity index (χ2v) is 7.89. The van der Waals surface area contributed by atoms with Gasteiger partial charge in [-0.25, -0.2) is 0 Å². The zero-order valence-electron chi connectivity index (χ0n) is 16.1.